The molecule has 3 aliphatic rings. The highest BCUT2D eigenvalue weighted by atomic mass is 16.5. The van der Waals surface area contributed by atoms with Crippen LogP contribution in [0.1, 0.15) is 32.6 Å². The SMILES string of the molecule is CCOC(=O)CCCNC1CN2CCC1CC2. The number of piperidine rings is 3. The first-order valence-electron chi connectivity index (χ1n) is 6.91. The van der Waals surface area contributed by atoms with Gasteiger partial charge in [-0.2, -0.15) is 0 Å². The van der Waals surface area contributed by atoms with Crippen LogP contribution >= 0.6 is 0 Å². The van der Waals surface area contributed by atoms with Crippen LogP contribution in [-0.4, -0.2) is 49.7 Å². The van der Waals surface area contributed by atoms with E-state index in [1.54, 1.807) is 0 Å². The lowest BCUT2D eigenvalue weighted by Crippen LogP contribution is -2.56. The number of nitrogens with one attached hydrogen (secondary N) is 1. The van der Waals surface area contributed by atoms with E-state index in [0.717, 1.165) is 18.9 Å². The van der Waals surface area contributed by atoms with Gasteiger partial charge < -0.3 is 15.0 Å². The number of esters is 1. The van der Waals surface area contributed by atoms with Crippen molar-refractivity contribution in [2.45, 2.75) is 38.6 Å². The zero-order chi connectivity index (χ0) is 12.1. The largest absolute Gasteiger partial charge is 0.466 e. The molecule has 4 nitrogen and oxygen atoms in total. The molecule has 0 aliphatic carbocycles. The summed E-state index contributed by atoms with van der Waals surface area (Å²) in [6.45, 7) is 7.05. The summed E-state index contributed by atoms with van der Waals surface area (Å²) >= 11 is 0. The van der Waals surface area contributed by atoms with Crippen LogP contribution in [0.4, 0.5) is 0 Å². The van der Waals surface area contributed by atoms with Crippen molar-refractivity contribution in [1.29, 1.82) is 0 Å². The van der Waals surface area contributed by atoms with Crippen LogP contribution in [0.25, 0.3) is 0 Å². The smallest absolute Gasteiger partial charge is 0.305 e. The van der Waals surface area contributed by atoms with Crippen molar-refractivity contribution < 1.29 is 9.53 Å². The average molecular weight is 240 g/mol. The third kappa shape index (κ3) is 3.68. The molecule has 3 saturated heterocycles. The summed E-state index contributed by atoms with van der Waals surface area (Å²) in [5.41, 5.74) is 0. The van der Waals surface area contributed by atoms with E-state index >= 15 is 0 Å². The minimum absolute atomic E-state index is 0.0665. The van der Waals surface area contributed by atoms with Crippen LogP contribution in [0.15, 0.2) is 0 Å². The molecule has 3 aliphatic heterocycles. The molecule has 3 fully saturated rings. The molecule has 1 N–H and O–H groups in total. The third-order valence-electron chi connectivity index (χ3n) is 3.93. The van der Waals surface area contributed by atoms with Crippen molar-refractivity contribution >= 4 is 5.97 Å². The molecule has 3 rings (SSSR count). The van der Waals surface area contributed by atoms with Gasteiger partial charge in [0.1, 0.15) is 0 Å². The summed E-state index contributed by atoms with van der Waals surface area (Å²) < 4.78 is 4.91. The van der Waals surface area contributed by atoms with E-state index in [1.807, 2.05) is 6.92 Å². The van der Waals surface area contributed by atoms with Crippen LogP contribution < -0.4 is 5.32 Å². The molecule has 3 heterocycles. The Morgan fingerprint density at radius 2 is 2.18 bits per heavy atom. The molecule has 0 spiro atoms. The fraction of sp³-hybridized carbons (Fsp3) is 0.923. The number of ether oxygens (including phenoxy) is 1. The number of carbonyl (C=O) groups excluding carboxylic acids is 1. The van der Waals surface area contributed by atoms with Gasteiger partial charge in [-0.15, -0.1) is 0 Å². The standard InChI is InChI=1S/C13H24N2O2/c1-2-17-13(16)4-3-7-14-12-10-15-8-5-11(12)6-9-15/h11-12,14H,2-10H2,1H3. The van der Waals surface area contributed by atoms with E-state index < -0.39 is 0 Å². The normalized spacial score (nSPS) is 31.5. The monoisotopic (exact) mass is 240 g/mol. The molecule has 1 unspecified atom stereocenters. The molecule has 0 aromatic rings. The Labute approximate surface area is 104 Å². The van der Waals surface area contributed by atoms with Gasteiger partial charge in [-0.25, -0.2) is 0 Å². The molecule has 0 aromatic heterocycles. The summed E-state index contributed by atoms with van der Waals surface area (Å²) in [5.74, 6) is 0.797. The second-order valence-corrected chi connectivity index (χ2v) is 5.11. The number of rotatable bonds is 6. The summed E-state index contributed by atoms with van der Waals surface area (Å²) in [7, 11) is 0. The highest BCUT2D eigenvalue weighted by Gasteiger charge is 2.33. The van der Waals surface area contributed by atoms with Crippen LogP contribution in [0.3, 0.4) is 0 Å². The lowest BCUT2D eigenvalue weighted by Gasteiger charge is -2.45. The van der Waals surface area contributed by atoms with Gasteiger partial charge in [0.15, 0.2) is 0 Å². The van der Waals surface area contributed by atoms with Gasteiger partial charge in [0.2, 0.25) is 0 Å². The van der Waals surface area contributed by atoms with E-state index in [9.17, 15) is 4.79 Å². The van der Waals surface area contributed by atoms with Gasteiger partial charge in [0, 0.05) is 19.0 Å². The van der Waals surface area contributed by atoms with Gasteiger partial charge in [-0.3, -0.25) is 4.79 Å². The number of carbonyl (C=O) groups is 1. The fourth-order valence-corrected chi connectivity index (χ4v) is 2.95. The van der Waals surface area contributed by atoms with E-state index in [0.29, 0.717) is 19.1 Å². The molecule has 98 valence electrons. The maximum absolute atomic E-state index is 11.2. The Bertz CT molecular complexity index is 250. The third-order valence-corrected chi connectivity index (χ3v) is 3.93. The zero-order valence-electron chi connectivity index (χ0n) is 10.8. The Morgan fingerprint density at radius 3 is 2.76 bits per heavy atom. The summed E-state index contributed by atoms with van der Waals surface area (Å²) in [6, 6.07) is 0.652. The first kappa shape index (κ1) is 12.8. The van der Waals surface area contributed by atoms with Crippen LogP contribution in [0, 0.1) is 5.92 Å². The van der Waals surface area contributed by atoms with E-state index in [1.165, 1.54) is 32.5 Å². The molecule has 17 heavy (non-hydrogen) atoms. The van der Waals surface area contributed by atoms with Crippen molar-refractivity contribution in [3.63, 3.8) is 0 Å². The van der Waals surface area contributed by atoms with Gasteiger partial charge in [0.25, 0.3) is 0 Å². The lowest BCUT2D eigenvalue weighted by molar-refractivity contribution is -0.143. The van der Waals surface area contributed by atoms with E-state index in [4.69, 9.17) is 4.74 Å². The number of hydrogen-bond donors (Lipinski definition) is 1. The number of nitrogens with zero attached hydrogens (tertiary/aromatic N) is 1. The number of hydrogen-bond acceptors (Lipinski definition) is 4. The quantitative estimate of drug-likeness (QED) is 0.556. The summed E-state index contributed by atoms with van der Waals surface area (Å²) in [5, 5.41) is 3.60. The van der Waals surface area contributed by atoms with Crippen LogP contribution in [0.2, 0.25) is 0 Å². The van der Waals surface area contributed by atoms with Gasteiger partial charge in [-0.1, -0.05) is 0 Å². The second-order valence-electron chi connectivity index (χ2n) is 5.11. The van der Waals surface area contributed by atoms with E-state index in [2.05, 4.69) is 10.2 Å². The molecule has 0 radical (unpaired) electrons. The maximum Gasteiger partial charge on any atom is 0.305 e. The molecule has 2 bridgehead atoms. The summed E-state index contributed by atoms with van der Waals surface area (Å²) in [4.78, 5) is 13.7. The molecule has 0 aromatic carbocycles. The van der Waals surface area contributed by atoms with Crippen LogP contribution in [-0.2, 0) is 9.53 Å². The first-order valence-corrected chi connectivity index (χ1v) is 6.91. The fourth-order valence-electron chi connectivity index (χ4n) is 2.95. The van der Waals surface area contributed by atoms with Crippen molar-refractivity contribution in [3.8, 4) is 0 Å². The van der Waals surface area contributed by atoms with Crippen molar-refractivity contribution in [1.82, 2.24) is 10.2 Å². The predicted molar refractivity (Wildman–Crippen MR) is 66.8 cm³/mol. The lowest BCUT2D eigenvalue weighted by atomic mass is 9.84. The second kappa shape index (κ2) is 6.36. The molecule has 0 saturated carbocycles. The molecule has 0 amide bonds. The molecule has 1 atom stereocenters. The zero-order valence-corrected chi connectivity index (χ0v) is 10.8. The Morgan fingerprint density at radius 1 is 1.41 bits per heavy atom. The average Bonchev–Trinajstić information content (AvgIpc) is 2.36. The van der Waals surface area contributed by atoms with Gasteiger partial charge in [-0.05, 0) is 51.7 Å². The van der Waals surface area contributed by atoms with Gasteiger partial charge >= 0.3 is 5.97 Å². The molecular weight excluding hydrogens is 216 g/mol. The summed E-state index contributed by atoms with van der Waals surface area (Å²) in [6.07, 6.45) is 4.12. The van der Waals surface area contributed by atoms with Gasteiger partial charge in [0.05, 0.1) is 6.61 Å². The van der Waals surface area contributed by atoms with Crippen LogP contribution in [0.5, 0.6) is 0 Å². The van der Waals surface area contributed by atoms with Crippen molar-refractivity contribution in [2.24, 2.45) is 5.92 Å². The Hall–Kier alpha value is -0.610. The Kier molecular flexibility index (Phi) is 4.80. The maximum atomic E-state index is 11.2. The molecule has 4 heteroatoms. The van der Waals surface area contributed by atoms with E-state index in [-0.39, 0.29) is 5.97 Å². The minimum Gasteiger partial charge on any atom is -0.466 e. The molecular formula is C13H24N2O2. The predicted octanol–water partition coefficient (Wildman–Crippen LogP) is 1.01. The van der Waals surface area contributed by atoms with Crippen molar-refractivity contribution in [3.05, 3.63) is 0 Å². The number of fused-ring (bicyclic) bond motifs is 3. The van der Waals surface area contributed by atoms with Crippen molar-refractivity contribution in [2.75, 3.05) is 32.8 Å². The topological polar surface area (TPSA) is 41.6 Å². The highest BCUT2D eigenvalue weighted by Crippen LogP contribution is 2.27. The minimum atomic E-state index is -0.0665. The highest BCUT2D eigenvalue weighted by molar-refractivity contribution is 5.69. The Balaban J connectivity index is 1.58. The first-order chi connectivity index (χ1) is 8.29.